The van der Waals surface area contributed by atoms with E-state index in [9.17, 15) is 9.59 Å². The van der Waals surface area contributed by atoms with Gasteiger partial charge in [0.25, 0.3) is 5.91 Å². The monoisotopic (exact) mass is 343 g/mol. The maximum atomic E-state index is 12.4. The van der Waals surface area contributed by atoms with Crippen LogP contribution in [0.3, 0.4) is 0 Å². The number of hydrogen-bond acceptors (Lipinski definition) is 6. The molecule has 0 bridgehead atoms. The van der Waals surface area contributed by atoms with Gasteiger partial charge in [-0.25, -0.2) is 4.79 Å². The first-order valence-electron chi connectivity index (χ1n) is 8.74. The van der Waals surface area contributed by atoms with Crippen LogP contribution in [0.4, 0.5) is 0 Å². The first-order valence-corrected chi connectivity index (χ1v) is 8.74. The molecule has 1 amide bonds. The molecule has 7 nitrogen and oxygen atoms in total. The van der Waals surface area contributed by atoms with Crippen molar-refractivity contribution in [3.8, 4) is 0 Å². The molecule has 5 unspecified atom stereocenters. The number of esters is 1. The zero-order chi connectivity index (χ0) is 17.7. The Morgan fingerprint density at radius 2 is 1.83 bits per heavy atom. The lowest BCUT2D eigenvalue weighted by Gasteiger charge is -2.36. The lowest BCUT2D eigenvalue weighted by atomic mass is 10.2. The van der Waals surface area contributed by atoms with E-state index >= 15 is 0 Å². The second kappa shape index (κ2) is 8.78. The molecule has 0 aromatic carbocycles. The van der Waals surface area contributed by atoms with E-state index in [2.05, 4.69) is 0 Å². The highest BCUT2D eigenvalue weighted by Crippen LogP contribution is 2.15. The van der Waals surface area contributed by atoms with Gasteiger partial charge in [0.1, 0.15) is 0 Å². The van der Waals surface area contributed by atoms with Crippen LogP contribution in [-0.2, 0) is 28.5 Å². The molecule has 2 heterocycles. The Morgan fingerprint density at radius 1 is 1.17 bits per heavy atom. The largest absolute Gasteiger partial charge is 0.451 e. The van der Waals surface area contributed by atoms with Crippen LogP contribution in [0.25, 0.3) is 0 Å². The minimum Gasteiger partial charge on any atom is -0.451 e. The number of carbonyl (C=O) groups is 2. The summed E-state index contributed by atoms with van der Waals surface area (Å²) in [4.78, 5) is 26.2. The van der Waals surface area contributed by atoms with E-state index in [-0.39, 0.29) is 24.2 Å². The molecule has 0 spiro atoms. The molecule has 0 radical (unpaired) electrons. The smallest absolute Gasteiger partial charge is 0.335 e. The van der Waals surface area contributed by atoms with Gasteiger partial charge in [-0.3, -0.25) is 4.79 Å². The van der Waals surface area contributed by atoms with Crippen LogP contribution in [0.2, 0.25) is 0 Å². The number of hydrogen-bond donors (Lipinski definition) is 0. The highest BCUT2D eigenvalue weighted by atomic mass is 16.6. The number of carbonyl (C=O) groups excluding carboxylic acids is 2. The average Bonchev–Trinajstić information content (AvgIpc) is 3.04. The van der Waals surface area contributed by atoms with E-state index in [4.69, 9.17) is 18.9 Å². The van der Waals surface area contributed by atoms with E-state index in [1.807, 2.05) is 13.8 Å². The van der Waals surface area contributed by atoms with Gasteiger partial charge in [0.05, 0.1) is 24.9 Å². The van der Waals surface area contributed by atoms with Crippen LogP contribution in [-0.4, -0.2) is 73.6 Å². The molecule has 0 aliphatic carbocycles. The topological polar surface area (TPSA) is 74.3 Å². The second-order valence-electron chi connectivity index (χ2n) is 6.69. The van der Waals surface area contributed by atoms with Gasteiger partial charge < -0.3 is 23.8 Å². The van der Waals surface area contributed by atoms with E-state index < -0.39 is 18.2 Å². The fourth-order valence-electron chi connectivity index (χ4n) is 3.03. The first-order chi connectivity index (χ1) is 11.4. The van der Waals surface area contributed by atoms with Gasteiger partial charge in [-0.15, -0.1) is 0 Å². The molecule has 0 N–H and O–H groups in total. The number of rotatable bonds is 6. The summed E-state index contributed by atoms with van der Waals surface area (Å²) < 4.78 is 21.8. The zero-order valence-corrected chi connectivity index (χ0v) is 15.0. The number of amides is 1. The van der Waals surface area contributed by atoms with Gasteiger partial charge in [0, 0.05) is 19.7 Å². The van der Waals surface area contributed by atoms with E-state index in [1.165, 1.54) is 0 Å². The van der Waals surface area contributed by atoms with E-state index in [0.717, 1.165) is 19.4 Å². The molecule has 5 atom stereocenters. The van der Waals surface area contributed by atoms with E-state index in [0.29, 0.717) is 19.7 Å². The van der Waals surface area contributed by atoms with Crippen LogP contribution in [0, 0.1) is 0 Å². The summed E-state index contributed by atoms with van der Waals surface area (Å²) in [5.41, 5.74) is 0. The van der Waals surface area contributed by atoms with Crippen molar-refractivity contribution in [2.75, 3.05) is 26.3 Å². The Labute approximate surface area is 143 Å². The van der Waals surface area contributed by atoms with Crippen molar-refractivity contribution in [2.45, 2.75) is 71.1 Å². The van der Waals surface area contributed by atoms with Gasteiger partial charge >= 0.3 is 5.97 Å². The summed E-state index contributed by atoms with van der Waals surface area (Å²) in [5.74, 6) is -0.722. The quantitative estimate of drug-likeness (QED) is 0.673. The van der Waals surface area contributed by atoms with Crippen molar-refractivity contribution in [3.05, 3.63) is 0 Å². The lowest BCUT2D eigenvalue weighted by molar-refractivity contribution is -0.172. The molecule has 7 heteroatoms. The van der Waals surface area contributed by atoms with Gasteiger partial charge in [-0.05, 0) is 40.5 Å². The molecule has 2 rings (SSSR count). The Hall–Kier alpha value is -1.18. The van der Waals surface area contributed by atoms with Gasteiger partial charge in [-0.1, -0.05) is 0 Å². The number of morpholine rings is 1. The van der Waals surface area contributed by atoms with Crippen molar-refractivity contribution in [3.63, 3.8) is 0 Å². The fourth-order valence-corrected chi connectivity index (χ4v) is 3.03. The van der Waals surface area contributed by atoms with Crippen LogP contribution in [0.15, 0.2) is 0 Å². The molecule has 24 heavy (non-hydrogen) atoms. The zero-order valence-electron chi connectivity index (χ0n) is 15.0. The molecule has 2 aliphatic rings. The maximum absolute atomic E-state index is 12.4. The first kappa shape index (κ1) is 19.1. The molecule has 0 aromatic heterocycles. The van der Waals surface area contributed by atoms with Crippen molar-refractivity contribution in [1.82, 2.24) is 4.90 Å². The van der Waals surface area contributed by atoms with Crippen LogP contribution < -0.4 is 0 Å². The minimum atomic E-state index is -0.830. The Bertz CT molecular complexity index is 427. The summed E-state index contributed by atoms with van der Waals surface area (Å²) in [6.07, 6.45) is 0.439. The van der Waals surface area contributed by atoms with Crippen molar-refractivity contribution >= 4 is 11.9 Å². The number of nitrogens with zero attached hydrogens (tertiary/aromatic N) is 1. The third-order valence-corrected chi connectivity index (χ3v) is 4.26. The van der Waals surface area contributed by atoms with Gasteiger partial charge in [0.15, 0.2) is 12.2 Å². The Kier molecular flexibility index (Phi) is 7.01. The standard InChI is InChI=1S/C17H29NO6/c1-11-8-18(9-12(2)23-11)16(19)13(3)24-17(20)14(4)22-10-15-6-5-7-21-15/h11-15H,5-10H2,1-4H3. The lowest BCUT2D eigenvalue weighted by Crippen LogP contribution is -2.51. The summed E-state index contributed by atoms with van der Waals surface area (Å²) >= 11 is 0. The van der Waals surface area contributed by atoms with Crippen LogP contribution in [0.5, 0.6) is 0 Å². The summed E-state index contributed by atoms with van der Waals surface area (Å²) in [5, 5.41) is 0. The van der Waals surface area contributed by atoms with Crippen molar-refractivity contribution in [2.24, 2.45) is 0 Å². The van der Waals surface area contributed by atoms with Gasteiger partial charge in [0.2, 0.25) is 0 Å². The summed E-state index contributed by atoms with van der Waals surface area (Å²) in [6.45, 7) is 9.21. The molecule has 2 fully saturated rings. The van der Waals surface area contributed by atoms with Crippen molar-refractivity contribution < 1.29 is 28.5 Å². The molecular formula is C17H29NO6. The molecule has 2 saturated heterocycles. The third-order valence-electron chi connectivity index (χ3n) is 4.26. The van der Waals surface area contributed by atoms with Crippen LogP contribution >= 0.6 is 0 Å². The predicted octanol–water partition coefficient (Wildman–Crippen LogP) is 1.14. The minimum absolute atomic E-state index is 0.0192. The van der Waals surface area contributed by atoms with Crippen molar-refractivity contribution in [1.29, 1.82) is 0 Å². The normalized spacial score (nSPS) is 30.0. The maximum Gasteiger partial charge on any atom is 0.335 e. The average molecular weight is 343 g/mol. The summed E-state index contributed by atoms with van der Waals surface area (Å²) in [6, 6.07) is 0. The van der Waals surface area contributed by atoms with Crippen LogP contribution in [0.1, 0.15) is 40.5 Å². The predicted molar refractivity (Wildman–Crippen MR) is 86.5 cm³/mol. The second-order valence-corrected chi connectivity index (χ2v) is 6.69. The Morgan fingerprint density at radius 3 is 2.42 bits per heavy atom. The van der Waals surface area contributed by atoms with E-state index in [1.54, 1.807) is 18.7 Å². The highest BCUT2D eigenvalue weighted by molar-refractivity contribution is 5.84. The Balaban J connectivity index is 1.75. The van der Waals surface area contributed by atoms with Gasteiger partial charge in [-0.2, -0.15) is 0 Å². The molecule has 0 saturated carbocycles. The molecule has 0 aromatic rings. The highest BCUT2D eigenvalue weighted by Gasteiger charge is 2.31. The third kappa shape index (κ3) is 5.43. The summed E-state index contributed by atoms with van der Waals surface area (Å²) in [7, 11) is 0. The SMILES string of the molecule is CC1CN(C(=O)C(C)OC(=O)C(C)OCC2CCCO2)CC(C)O1. The molecule has 138 valence electrons. The number of ether oxygens (including phenoxy) is 4. The fraction of sp³-hybridized carbons (Fsp3) is 0.882. The molecular weight excluding hydrogens is 314 g/mol. The molecule has 2 aliphatic heterocycles.